The number of thiocarbonyl (C=S) groups is 1. The van der Waals surface area contributed by atoms with Crippen molar-refractivity contribution in [3.05, 3.63) is 24.0 Å². The third-order valence-corrected chi connectivity index (χ3v) is 1.36. The fraction of sp³-hybridized carbons (Fsp3) is 0.125. The molecule has 0 aromatic heterocycles. The van der Waals surface area contributed by atoms with Crippen molar-refractivity contribution < 1.29 is 9.13 Å². The Labute approximate surface area is 74.7 Å². The Balaban J connectivity index is 3.14. The zero-order chi connectivity index (χ0) is 8.97. The van der Waals surface area contributed by atoms with Gasteiger partial charge in [0.25, 0.3) is 0 Å². The van der Waals surface area contributed by atoms with Gasteiger partial charge in [-0.1, -0.05) is 0 Å². The summed E-state index contributed by atoms with van der Waals surface area (Å²) in [6.45, 7) is 0. The number of nitrogens with zero attached hydrogens (tertiary/aromatic N) is 1. The lowest BCUT2D eigenvalue weighted by atomic mass is 10.3. The molecule has 0 aliphatic carbocycles. The second-order valence-corrected chi connectivity index (χ2v) is 2.23. The molecular weight excluding hydrogens is 177 g/mol. The molecule has 0 saturated heterocycles. The van der Waals surface area contributed by atoms with Crippen LogP contribution in [-0.2, 0) is 0 Å². The molecule has 0 bridgehead atoms. The van der Waals surface area contributed by atoms with Gasteiger partial charge >= 0.3 is 0 Å². The molecule has 1 aromatic carbocycles. The van der Waals surface area contributed by atoms with Gasteiger partial charge in [0.15, 0.2) is 0 Å². The van der Waals surface area contributed by atoms with Crippen LogP contribution in [0.2, 0.25) is 0 Å². The quantitative estimate of drug-likeness (QED) is 0.519. The van der Waals surface area contributed by atoms with E-state index in [9.17, 15) is 4.39 Å². The first kappa shape index (κ1) is 8.84. The summed E-state index contributed by atoms with van der Waals surface area (Å²) in [4.78, 5) is 3.62. The molecule has 4 heteroatoms. The summed E-state index contributed by atoms with van der Waals surface area (Å²) in [5.41, 5.74) is 0.404. The summed E-state index contributed by atoms with van der Waals surface area (Å²) in [5, 5.41) is 2.15. The van der Waals surface area contributed by atoms with E-state index >= 15 is 0 Å². The molecule has 0 fully saturated rings. The van der Waals surface area contributed by atoms with Gasteiger partial charge in [-0.25, -0.2) is 4.39 Å². The van der Waals surface area contributed by atoms with Crippen molar-refractivity contribution in [3.8, 4) is 5.75 Å². The van der Waals surface area contributed by atoms with Gasteiger partial charge in [-0.05, 0) is 12.2 Å². The largest absolute Gasteiger partial charge is 0.497 e. The van der Waals surface area contributed by atoms with E-state index in [2.05, 4.69) is 22.4 Å². The number of benzene rings is 1. The average Bonchev–Trinajstić information content (AvgIpc) is 2.04. The number of hydrogen-bond acceptors (Lipinski definition) is 3. The Kier molecular flexibility index (Phi) is 2.91. The lowest BCUT2D eigenvalue weighted by molar-refractivity contribution is 0.411. The maximum absolute atomic E-state index is 12.7. The Morgan fingerprint density at radius 3 is 2.83 bits per heavy atom. The van der Waals surface area contributed by atoms with Gasteiger partial charge in [-0.15, -0.1) is 0 Å². The van der Waals surface area contributed by atoms with Crippen molar-refractivity contribution in [2.45, 2.75) is 0 Å². The Morgan fingerprint density at radius 2 is 2.25 bits per heavy atom. The lowest BCUT2D eigenvalue weighted by Gasteiger charge is -1.99. The SMILES string of the molecule is COc1cc(F)cc(N=C=S)c1. The first-order valence-corrected chi connectivity index (χ1v) is 3.59. The molecule has 0 amide bonds. The summed E-state index contributed by atoms with van der Waals surface area (Å²) in [6, 6.07) is 4.09. The normalized spacial score (nSPS) is 8.83. The Bertz CT molecular complexity index is 334. The van der Waals surface area contributed by atoms with Gasteiger partial charge in [0, 0.05) is 18.2 Å². The zero-order valence-electron chi connectivity index (χ0n) is 6.37. The fourth-order valence-corrected chi connectivity index (χ4v) is 0.888. The van der Waals surface area contributed by atoms with Gasteiger partial charge in [0.2, 0.25) is 0 Å². The van der Waals surface area contributed by atoms with Crippen molar-refractivity contribution in [3.63, 3.8) is 0 Å². The molecule has 0 aliphatic heterocycles. The molecule has 62 valence electrons. The van der Waals surface area contributed by atoms with Crippen molar-refractivity contribution in [2.24, 2.45) is 4.99 Å². The van der Waals surface area contributed by atoms with Crippen LogP contribution in [0.4, 0.5) is 10.1 Å². The van der Waals surface area contributed by atoms with Crippen LogP contribution in [0.1, 0.15) is 0 Å². The molecule has 0 spiro atoms. The van der Waals surface area contributed by atoms with E-state index in [0.29, 0.717) is 11.4 Å². The Morgan fingerprint density at radius 1 is 1.50 bits per heavy atom. The van der Waals surface area contributed by atoms with Gasteiger partial charge < -0.3 is 4.74 Å². The first-order chi connectivity index (χ1) is 5.76. The molecule has 0 atom stereocenters. The summed E-state index contributed by atoms with van der Waals surface area (Å²) in [5.74, 6) is 0.0114. The van der Waals surface area contributed by atoms with Crippen LogP contribution in [0.5, 0.6) is 5.75 Å². The minimum absolute atomic E-state index is 0.404. The van der Waals surface area contributed by atoms with E-state index in [1.807, 2.05) is 0 Å². The molecule has 1 rings (SSSR count). The predicted molar refractivity (Wildman–Crippen MR) is 47.6 cm³/mol. The molecule has 0 aliphatic rings. The van der Waals surface area contributed by atoms with Crippen molar-refractivity contribution in [1.29, 1.82) is 0 Å². The molecule has 0 radical (unpaired) electrons. The number of aliphatic imine (C=N–C) groups is 1. The van der Waals surface area contributed by atoms with E-state index in [4.69, 9.17) is 4.74 Å². The van der Waals surface area contributed by atoms with Crippen LogP contribution < -0.4 is 4.74 Å². The van der Waals surface area contributed by atoms with Gasteiger partial charge in [-0.2, -0.15) is 4.99 Å². The highest BCUT2D eigenvalue weighted by molar-refractivity contribution is 7.78. The highest BCUT2D eigenvalue weighted by atomic mass is 32.1. The maximum atomic E-state index is 12.7. The summed E-state index contributed by atoms with van der Waals surface area (Å²) < 4.78 is 17.6. The number of isothiocyanates is 1. The fourth-order valence-electron chi connectivity index (χ4n) is 0.783. The molecule has 1 aromatic rings. The summed E-state index contributed by atoms with van der Waals surface area (Å²) >= 11 is 4.38. The topological polar surface area (TPSA) is 21.6 Å². The molecule has 2 nitrogen and oxygen atoms in total. The number of rotatable bonds is 2. The smallest absolute Gasteiger partial charge is 0.129 e. The predicted octanol–water partition coefficient (Wildman–Crippen LogP) is 2.57. The van der Waals surface area contributed by atoms with E-state index in [-0.39, 0.29) is 0 Å². The molecule has 0 heterocycles. The van der Waals surface area contributed by atoms with E-state index in [0.717, 1.165) is 0 Å². The molecule has 0 N–H and O–H groups in total. The van der Waals surface area contributed by atoms with Crippen molar-refractivity contribution in [2.75, 3.05) is 7.11 Å². The highest BCUT2D eigenvalue weighted by Gasteiger charge is 1.98. The zero-order valence-corrected chi connectivity index (χ0v) is 7.19. The first-order valence-electron chi connectivity index (χ1n) is 3.18. The van der Waals surface area contributed by atoms with E-state index in [1.165, 1.54) is 19.2 Å². The number of hydrogen-bond donors (Lipinski definition) is 0. The van der Waals surface area contributed by atoms with Crippen LogP contribution in [0, 0.1) is 5.82 Å². The van der Waals surface area contributed by atoms with Crippen LogP contribution in [0.3, 0.4) is 0 Å². The summed E-state index contributed by atoms with van der Waals surface area (Å²) in [7, 11) is 1.46. The van der Waals surface area contributed by atoms with Gasteiger partial charge in [0.1, 0.15) is 11.6 Å². The number of ether oxygens (including phenoxy) is 1. The molecule has 0 unspecified atom stereocenters. The third kappa shape index (κ3) is 2.12. The van der Waals surface area contributed by atoms with Crippen molar-refractivity contribution in [1.82, 2.24) is 0 Å². The van der Waals surface area contributed by atoms with E-state index in [1.54, 1.807) is 6.07 Å². The third-order valence-electron chi connectivity index (χ3n) is 1.27. The second-order valence-electron chi connectivity index (χ2n) is 2.05. The Hall–Kier alpha value is -1.25. The average molecular weight is 183 g/mol. The number of halogens is 1. The standard InChI is InChI=1S/C8H6FNOS/c1-11-8-3-6(9)2-7(4-8)10-5-12/h2-4H,1H3. The van der Waals surface area contributed by atoms with Crippen LogP contribution in [0.15, 0.2) is 23.2 Å². The van der Waals surface area contributed by atoms with Gasteiger partial charge in [0.05, 0.1) is 18.0 Å². The number of methoxy groups -OCH3 is 1. The second kappa shape index (κ2) is 3.95. The van der Waals surface area contributed by atoms with E-state index < -0.39 is 5.82 Å². The highest BCUT2D eigenvalue weighted by Crippen LogP contribution is 2.21. The lowest BCUT2D eigenvalue weighted by Crippen LogP contribution is -1.83. The molecular formula is C8H6FNOS. The van der Waals surface area contributed by atoms with Crippen LogP contribution in [0.25, 0.3) is 0 Å². The molecule has 0 saturated carbocycles. The molecule has 12 heavy (non-hydrogen) atoms. The van der Waals surface area contributed by atoms with Crippen LogP contribution >= 0.6 is 12.2 Å². The monoisotopic (exact) mass is 183 g/mol. The maximum Gasteiger partial charge on any atom is 0.129 e. The van der Waals surface area contributed by atoms with Gasteiger partial charge in [-0.3, -0.25) is 0 Å². The minimum atomic E-state index is -0.404. The van der Waals surface area contributed by atoms with Crippen LogP contribution in [-0.4, -0.2) is 12.3 Å². The minimum Gasteiger partial charge on any atom is -0.497 e. The summed E-state index contributed by atoms with van der Waals surface area (Å²) in [6.07, 6.45) is 0. The van der Waals surface area contributed by atoms with Crippen molar-refractivity contribution >= 4 is 23.1 Å².